The zero-order valence-electron chi connectivity index (χ0n) is 11.0. The van der Waals surface area contributed by atoms with Crippen molar-refractivity contribution in [1.82, 2.24) is 4.23 Å². The highest BCUT2D eigenvalue weighted by Crippen LogP contribution is 2.19. The Kier molecular flexibility index (Phi) is 5.58. The summed E-state index contributed by atoms with van der Waals surface area (Å²) < 4.78 is 7.93. The molecule has 0 aliphatic carbocycles. The van der Waals surface area contributed by atoms with Crippen LogP contribution < -0.4 is 0 Å². The van der Waals surface area contributed by atoms with E-state index in [1.165, 1.54) is 13.0 Å². The van der Waals surface area contributed by atoms with E-state index in [9.17, 15) is 0 Å². The maximum atomic E-state index is 5.12. The molecule has 0 aromatic heterocycles. The van der Waals surface area contributed by atoms with Gasteiger partial charge in [-0.3, -0.25) is 0 Å². The second-order valence-electron chi connectivity index (χ2n) is 5.84. The maximum Gasteiger partial charge on any atom is 0.112 e. The third-order valence-corrected chi connectivity index (χ3v) is 10.1. The van der Waals surface area contributed by atoms with Crippen molar-refractivity contribution in [2.75, 3.05) is 20.3 Å². The van der Waals surface area contributed by atoms with Crippen LogP contribution in [-0.4, -0.2) is 41.0 Å². The third-order valence-electron chi connectivity index (χ3n) is 2.35. The van der Waals surface area contributed by atoms with Gasteiger partial charge in [-0.1, -0.05) is 39.3 Å². The van der Waals surface area contributed by atoms with Gasteiger partial charge in [0.05, 0.1) is 0 Å². The Balaban J connectivity index is 4.28. The number of ether oxygens (including phenoxy) is 1. The molecular weight excluding hydrogens is 206 g/mol. The molecule has 2 nitrogen and oxygen atoms in total. The smallest absolute Gasteiger partial charge is 0.112 e. The highest BCUT2D eigenvalue weighted by Gasteiger charge is 2.33. The van der Waals surface area contributed by atoms with Crippen molar-refractivity contribution in [2.45, 2.75) is 45.7 Å². The minimum Gasteiger partial charge on any atom is -0.385 e. The monoisotopic (exact) mass is 233 g/mol. The Hall–Kier alpha value is 0.354. The molecule has 0 radical (unpaired) electrons. The first-order chi connectivity index (χ1) is 6.19. The highest BCUT2D eigenvalue weighted by atomic mass is 28.4. The van der Waals surface area contributed by atoms with Crippen LogP contribution in [0.5, 0.6) is 0 Å². The zero-order valence-corrected chi connectivity index (χ0v) is 13.0. The molecule has 4 heteroatoms. The summed E-state index contributed by atoms with van der Waals surface area (Å²) in [5.41, 5.74) is 0. The van der Waals surface area contributed by atoms with Crippen LogP contribution >= 0.6 is 0 Å². The normalized spacial score (nSPS) is 13.7. The predicted molar refractivity (Wildman–Crippen MR) is 69.9 cm³/mol. The van der Waals surface area contributed by atoms with Crippen molar-refractivity contribution in [3.63, 3.8) is 0 Å². The molecular formula is C10H27NOSi2. The van der Waals surface area contributed by atoms with Crippen molar-refractivity contribution in [2.24, 2.45) is 0 Å². The molecule has 0 rings (SSSR count). The molecule has 0 saturated carbocycles. The Morgan fingerprint density at radius 1 is 0.929 bits per heavy atom. The second kappa shape index (κ2) is 5.44. The Labute approximate surface area is 91.8 Å². The average Bonchev–Trinajstić information content (AvgIpc) is 1.92. The summed E-state index contributed by atoms with van der Waals surface area (Å²) in [5.74, 6) is 0. The van der Waals surface area contributed by atoms with Gasteiger partial charge in [0.2, 0.25) is 0 Å². The van der Waals surface area contributed by atoms with E-state index < -0.39 is 16.5 Å². The molecule has 0 spiro atoms. The van der Waals surface area contributed by atoms with Crippen LogP contribution in [0.1, 0.15) is 6.42 Å². The van der Waals surface area contributed by atoms with Crippen molar-refractivity contribution >= 4 is 16.5 Å². The van der Waals surface area contributed by atoms with Crippen molar-refractivity contribution in [3.05, 3.63) is 0 Å². The van der Waals surface area contributed by atoms with Crippen LogP contribution in [0.4, 0.5) is 0 Å². The van der Waals surface area contributed by atoms with Gasteiger partial charge in [-0.15, -0.1) is 0 Å². The van der Waals surface area contributed by atoms with Gasteiger partial charge in [-0.2, -0.15) is 0 Å². The largest absolute Gasteiger partial charge is 0.385 e. The number of nitrogens with zero attached hydrogens (tertiary/aromatic N) is 1. The molecule has 0 heterocycles. The lowest BCUT2D eigenvalue weighted by Gasteiger charge is -2.43. The minimum atomic E-state index is -1.13. The molecule has 0 unspecified atom stereocenters. The summed E-state index contributed by atoms with van der Waals surface area (Å²) in [6.07, 6.45) is 1.17. The lowest BCUT2D eigenvalue weighted by Crippen LogP contribution is -2.59. The molecule has 86 valence electrons. The van der Waals surface area contributed by atoms with Gasteiger partial charge in [0.1, 0.15) is 16.5 Å². The number of rotatable bonds is 6. The standard InChI is InChI=1S/C10H27NOSi2/c1-12-10-8-9-11(13(2,3)4)14(5,6)7/h8-10H2,1-7H3. The predicted octanol–water partition coefficient (Wildman–Crippen LogP) is 2.99. The first-order valence-corrected chi connectivity index (χ1v) is 12.4. The SMILES string of the molecule is COCCCN([Si](C)(C)C)[Si](C)(C)C. The lowest BCUT2D eigenvalue weighted by molar-refractivity contribution is 0.191. The Morgan fingerprint density at radius 3 is 1.64 bits per heavy atom. The summed E-state index contributed by atoms with van der Waals surface area (Å²) in [5, 5.41) is 0. The molecule has 0 aliphatic rings. The summed E-state index contributed by atoms with van der Waals surface area (Å²) in [7, 11) is -0.480. The molecule has 0 saturated heterocycles. The first-order valence-electron chi connectivity index (χ1n) is 5.46. The van der Waals surface area contributed by atoms with E-state index >= 15 is 0 Å². The molecule has 0 fully saturated rings. The summed E-state index contributed by atoms with van der Waals surface area (Å²) in [6.45, 7) is 16.8. The fourth-order valence-corrected chi connectivity index (χ4v) is 11.8. The van der Waals surface area contributed by atoms with Gasteiger partial charge in [0.25, 0.3) is 0 Å². The number of methoxy groups -OCH3 is 1. The summed E-state index contributed by atoms with van der Waals surface area (Å²) in [6, 6.07) is 0. The van der Waals surface area contributed by atoms with E-state index in [0.29, 0.717) is 0 Å². The molecule has 0 amide bonds. The van der Waals surface area contributed by atoms with Gasteiger partial charge in [0, 0.05) is 13.7 Å². The van der Waals surface area contributed by atoms with E-state index in [1.54, 1.807) is 7.11 Å². The van der Waals surface area contributed by atoms with E-state index in [2.05, 4.69) is 43.5 Å². The molecule has 0 aliphatic heterocycles. The Morgan fingerprint density at radius 2 is 1.36 bits per heavy atom. The number of hydrogen-bond donors (Lipinski definition) is 0. The number of hydrogen-bond acceptors (Lipinski definition) is 2. The zero-order chi connectivity index (χ0) is 11.4. The Bertz CT molecular complexity index is 146. The minimum absolute atomic E-state index is 0.894. The van der Waals surface area contributed by atoms with Gasteiger partial charge in [-0.05, 0) is 13.0 Å². The fraction of sp³-hybridized carbons (Fsp3) is 1.00. The maximum absolute atomic E-state index is 5.12. The molecule has 0 atom stereocenters. The lowest BCUT2D eigenvalue weighted by atomic mass is 10.5. The highest BCUT2D eigenvalue weighted by molar-refractivity contribution is 6.89. The molecule has 0 aromatic carbocycles. The summed E-state index contributed by atoms with van der Waals surface area (Å²) in [4.78, 5) is 0. The van der Waals surface area contributed by atoms with Gasteiger partial charge in [-0.25, -0.2) is 0 Å². The van der Waals surface area contributed by atoms with E-state index in [4.69, 9.17) is 4.74 Å². The van der Waals surface area contributed by atoms with Crippen LogP contribution in [0.3, 0.4) is 0 Å². The van der Waals surface area contributed by atoms with Gasteiger partial charge >= 0.3 is 0 Å². The second-order valence-corrected chi connectivity index (χ2v) is 16.0. The molecule has 0 aromatic rings. The quantitative estimate of drug-likeness (QED) is 0.516. The topological polar surface area (TPSA) is 12.5 Å². The molecule has 0 bridgehead atoms. The molecule has 14 heavy (non-hydrogen) atoms. The van der Waals surface area contributed by atoms with Crippen LogP contribution in [0, 0.1) is 0 Å². The van der Waals surface area contributed by atoms with E-state index in [-0.39, 0.29) is 0 Å². The van der Waals surface area contributed by atoms with Crippen molar-refractivity contribution in [1.29, 1.82) is 0 Å². The van der Waals surface area contributed by atoms with Crippen LogP contribution in [-0.2, 0) is 4.74 Å². The summed E-state index contributed by atoms with van der Waals surface area (Å²) >= 11 is 0. The van der Waals surface area contributed by atoms with Gasteiger partial charge in [0.15, 0.2) is 0 Å². The van der Waals surface area contributed by atoms with Gasteiger partial charge < -0.3 is 8.97 Å². The fourth-order valence-electron chi connectivity index (χ4n) is 2.04. The third kappa shape index (κ3) is 5.29. The van der Waals surface area contributed by atoms with E-state index in [1.807, 2.05) is 0 Å². The van der Waals surface area contributed by atoms with Crippen LogP contribution in [0.25, 0.3) is 0 Å². The first kappa shape index (κ1) is 14.4. The molecule has 0 N–H and O–H groups in total. The van der Waals surface area contributed by atoms with Crippen molar-refractivity contribution < 1.29 is 4.74 Å². The van der Waals surface area contributed by atoms with Crippen LogP contribution in [0.15, 0.2) is 0 Å². The van der Waals surface area contributed by atoms with E-state index in [0.717, 1.165) is 6.61 Å². The van der Waals surface area contributed by atoms with Crippen molar-refractivity contribution in [3.8, 4) is 0 Å². The average molecular weight is 234 g/mol. The van der Waals surface area contributed by atoms with Crippen LogP contribution in [0.2, 0.25) is 39.3 Å².